The summed E-state index contributed by atoms with van der Waals surface area (Å²) in [6, 6.07) is 0. The van der Waals surface area contributed by atoms with E-state index in [2.05, 4.69) is 5.10 Å². The van der Waals surface area contributed by atoms with Gasteiger partial charge in [0.05, 0.1) is 11.6 Å². The summed E-state index contributed by atoms with van der Waals surface area (Å²) in [5.41, 5.74) is 2.20. The highest BCUT2D eigenvalue weighted by molar-refractivity contribution is 5.70. The molecule has 0 spiro atoms. The highest BCUT2D eigenvalue weighted by Crippen LogP contribution is 2.24. The van der Waals surface area contributed by atoms with Gasteiger partial charge in [0.15, 0.2) is 0 Å². The normalized spacial score (nSPS) is 20.5. The number of rotatable bonds is 2. The highest BCUT2D eigenvalue weighted by atomic mass is 16.4. The fraction of sp³-hybridized carbons (Fsp3) is 0.600. The van der Waals surface area contributed by atoms with Crippen molar-refractivity contribution in [3.63, 3.8) is 0 Å². The van der Waals surface area contributed by atoms with Crippen LogP contribution in [-0.2, 0) is 24.2 Å². The summed E-state index contributed by atoms with van der Waals surface area (Å²) in [7, 11) is 0. The molecular formula is C10H14N2O2. The maximum atomic E-state index is 10.8. The number of carboxylic acid groups (broad SMARTS) is 1. The van der Waals surface area contributed by atoms with E-state index in [1.54, 1.807) is 0 Å². The lowest BCUT2D eigenvalue weighted by molar-refractivity contribution is -0.142. The molecule has 1 aromatic rings. The SMILES string of the molecule is CCn1cc2c(n1)CC(C(=O)O)CC2. The molecule has 0 saturated carbocycles. The van der Waals surface area contributed by atoms with Gasteiger partial charge in [-0.25, -0.2) is 0 Å². The number of aryl methyl sites for hydroxylation is 2. The predicted octanol–water partition coefficient (Wildman–Crippen LogP) is 1.09. The molecule has 1 aliphatic rings. The van der Waals surface area contributed by atoms with Crippen molar-refractivity contribution < 1.29 is 9.90 Å². The van der Waals surface area contributed by atoms with Gasteiger partial charge in [0.25, 0.3) is 0 Å². The second-order valence-electron chi connectivity index (χ2n) is 3.73. The summed E-state index contributed by atoms with van der Waals surface area (Å²) in [6.07, 6.45) is 4.23. The van der Waals surface area contributed by atoms with E-state index in [0.29, 0.717) is 6.42 Å². The zero-order valence-corrected chi connectivity index (χ0v) is 8.23. The first-order valence-electron chi connectivity index (χ1n) is 4.98. The third-order valence-corrected chi connectivity index (χ3v) is 2.80. The number of fused-ring (bicyclic) bond motifs is 1. The maximum Gasteiger partial charge on any atom is 0.306 e. The Kier molecular flexibility index (Phi) is 2.27. The van der Waals surface area contributed by atoms with E-state index >= 15 is 0 Å². The minimum atomic E-state index is -0.693. The molecule has 1 N–H and O–H groups in total. The van der Waals surface area contributed by atoms with Gasteiger partial charge in [-0.1, -0.05) is 0 Å². The number of hydrogen-bond donors (Lipinski definition) is 1. The van der Waals surface area contributed by atoms with E-state index in [1.165, 1.54) is 5.56 Å². The molecule has 1 aromatic heterocycles. The van der Waals surface area contributed by atoms with Crippen LogP contribution < -0.4 is 0 Å². The molecule has 0 aliphatic heterocycles. The number of carboxylic acids is 1. The second-order valence-corrected chi connectivity index (χ2v) is 3.73. The molecule has 0 amide bonds. The van der Waals surface area contributed by atoms with E-state index in [4.69, 9.17) is 5.11 Å². The summed E-state index contributed by atoms with van der Waals surface area (Å²) < 4.78 is 1.88. The Bertz CT molecular complexity index is 357. The smallest absolute Gasteiger partial charge is 0.306 e. The molecule has 76 valence electrons. The van der Waals surface area contributed by atoms with Crippen LogP contribution >= 0.6 is 0 Å². The standard InChI is InChI=1S/C10H14N2O2/c1-2-12-6-8-4-3-7(10(13)14)5-9(8)11-12/h6-7H,2-5H2,1H3,(H,13,14). The summed E-state index contributed by atoms with van der Waals surface area (Å²) in [6.45, 7) is 2.89. The summed E-state index contributed by atoms with van der Waals surface area (Å²) >= 11 is 0. The van der Waals surface area contributed by atoms with Crippen LogP contribution in [0.15, 0.2) is 6.20 Å². The first-order valence-corrected chi connectivity index (χ1v) is 4.98. The monoisotopic (exact) mass is 194 g/mol. The van der Waals surface area contributed by atoms with Crippen LogP contribution in [0.2, 0.25) is 0 Å². The zero-order chi connectivity index (χ0) is 10.1. The second kappa shape index (κ2) is 3.44. The molecule has 0 bridgehead atoms. The molecule has 14 heavy (non-hydrogen) atoms. The van der Waals surface area contributed by atoms with Gasteiger partial charge in [-0.2, -0.15) is 5.10 Å². The maximum absolute atomic E-state index is 10.8. The van der Waals surface area contributed by atoms with Gasteiger partial charge in [0.2, 0.25) is 0 Å². The fourth-order valence-corrected chi connectivity index (χ4v) is 1.92. The van der Waals surface area contributed by atoms with Crippen LogP contribution in [0, 0.1) is 5.92 Å². The Morgan fingerprint density at radius 2 is 2.57 bits per heavy atom. The molecule has 1 unspecified atom stereocenters. The number of aliphatic carboxylic acids is 1. The predicted molar refractivity (Wildman–Crippen MR) is 51.1 cm³/mol. The quantitative estimate of drug-likeness (QED) is 0.766. The highest BCUT2D eigenvalue weighted by Gasteiger charge is 2.26. The van der Waals surface area contributed by atoms with Gasteiger partial charge in [0.1, 0.15) is 0 Å². The molecule has 4 nitrogen and oxygen atoms in total. The number of aromatic nitrogens is 2. The topological polar surface area (TPSA) is 55.1 Å². The number of hydrogen-bond acceptors (Lipinski definition) is 2. The lowest BCUT2D eigenvalue weighted by Crippen LogP contribution is -2.21. The Morgan fingerprint density at radius 1 is 1.79 bits per heavy atom. The summed E-state index contributed by atoms with van der Waals surface area (Å²) in [4.78, 5) is 10.8. The molecule has 1 aliphatic carbocycles. The summed E-state index contributed by atoms with van der Waals surface area (Å²) in [5, 5.41) is 13.2. The van der Waals surface area contributed by atoms with E-state index in [0.717, 1.165) is 25.1 Å². The van der Waals surface area contributed by atoms with Gasteiger partial charge in [0, 0.05) is 19.2 Å². The van der Waals surface area contributed by atoms with Crippen molar-refractivity contribution >= 4 is 5.97 Å². The molecule has 2 rings (SSSR count). The van der Waals surface area contributed by atoms with Gasteiger partial charge in [-0.05, 0) is 25.3 Å². The third-order valence-electron chi connectivity index (χ3n) is 2.80. The molecular weight excluding hydrogens is 180 g/mol. The van der Waals surface area contributed by atoms with E-state index < -0.39 is 5.97 Å². The average Bonchev–Trinajstić information content (AvgIpc) is 2.58. The first-order chi connectivity index (χ1) is 6.70. The Balaban J connectivity index is 2.21. The molecule has 0 saturated heterocycles. The summed E-state index contributed by atoms with van der Waals surface area (Å²) in [5.74, 6) is -0.926. The fourth-order valence-electron chi connectivity index (χ4n) is 1.92. The average molecular weight is 194 g/mol. The van der Waals surface area contributed by atoms with Crippen LogP contribution in [-0.4, -0.2) is 20.9 Å². The number of carbonyl (C=O) groups is 1. The molecule has 4 heteroatoms. The van der Waals surface area contributed by atoms with Gasteiger partial charge >= 0.3 is 5.97 Å². The Hall–Kier alpha value is -1.32. The van der Waals surface area contributed by atoms with Crippen LogP contribution in [0.3, 0.4) is 0 Å². The van der Waals surface area contributed by atoms with Gasteiger partial charge in [-0.15, -0.1) is 0 Å². The van der Waals surface area contributed by atoms with Crippen LogP contribution in [0.4, 0.5) is 0 Å². The Labute approximate surface area is 82.5 Å². The molecule has 1 heterocycles. The van der Waals surface area contributed by atoms with Crippen molar-refractivity contribution in [1.29, 1.82) is 0 Å². The molecule has 0 aromatic carbocycles. The van der Waals surface area contributed by atoms with Crippen molar-refractivity contribution in [3.8, 4) is 0 Å². The Morgan fingerprint density at radius 3 is 3.21 bits per heavy atom. The van der Waals surface area contributed by atoms with Crippen molar-refractivity contribution in [1.82, 2.24) is 9.78 Å². The van der Waals surface area contributed by atoms with E-state index in [9.17, 15) is 4.79 Å². The lowest BCUT2D eigenvalue weighted by Gasteiger charge is -2.16. The van der Waals surface area contributed by atoms with Gasteiger partial charge in [-0.3, -0.25) is 9.48 Å². The number of nitrogens with zero attached hydrogens (tertiary/aromatic N) is 2. The minimum Gasteiger partial charge on any atom is -0.481 e. The van der Waals surface area contributed by atoms with Crippen LogP contribution in [0.1, 0.15) is 24.6 Å². The van der Waals surface area contributed by atoms with Crippen LogP contribution in [0.25, 0.3) is 0 Å². The largest absolute Gasteiger partial charge is 0.481 e. The minimum absolute atomic E-state index is 0.234. The van der Waals surface area contributed by atoms with E-state index in [-0.39, 0.29) is 5.92 Å². The van der Waals surface area contributed by atoms with Crippen molar-refractivity contribution in [3.05, 3.63) is 17.5 Å². The molecule has 0 fully saturated rings. The van der Waals surface area contributed by atoms with Crippen molar-refractivity contribution in [2.75, 3.05) is 0 Å². The third kappa shape index (κ3) is 1.52. The van der Waals surface area contributed by atoms with Crippen molar-refractivity contribution in [2.45, 2.75) is 32.7 Å². The molecule has 1 atom stereocenters. The zero-order valence-electron chi connectivity index (χ0n) is 8.23. The van der Waals surface area contributed by atoms with Crippen molar-refractivity contribution in [2.24, 2.45) is 5.92 Å². The van der Waals surface area contributed by atoms with Gasteiger partial charge < -0.3 is 5.11 Å². The van der Waals surface area contributed by atoms with E-state index in [1.807, 2.05) is 17.8 Å². The lowest BCUT2D eigenvalue weighted by atomic mass is 9.88. The first kappa shape index (κ1) is 9.24. The molecule has 0 radical (unpaired) electrons. The van der Waals surface area contributed by atoms with Crippen LogP contribution in [0.5, 0.6) is 0 Å².